The van der Waals surface area contributed by atoms with E-state index in [1.54, 1.807) is 13.0 Å². The molecule has 38 heavy (non-hydrogen) atoms. The van der Waals surface area contributed by atoms with Crippen LogP contribution in [0.2, 0.25) is 10.0 Å². The second-order valence-electron chi connectivity index (χ2n) is 8.59. The van der Waals surface area contributed by atoms with Gasteiger partial charge >= 0.3 is 0 Å². The van der Waals surface area contributed by atoms with E-state index < -0.39 is 28.5 Å². The molecule has 0 saturated heterocycles. The van der Waals surface area contributed by atoms with Crippen molar-refractivity contribution in [2.24, 2.45) is 0 Å². The number of rotatable bonds is 11. The molecule has 202 valence electrons. The summed E-state index contributed by atoms with van der Waals surface area (Å²) < 4.78 is 27.4. The highest BCUT2D eigenvalue weighted by molar-refractivity contribution is 9.10. The molecular formula is C27H28BrCl2N3O4S. The number of likely N-dealkylation sites (N-methyl/N-ethyl adjacent to an activating group) is 1. The first-order valence-electron chi connectivity index (χ1n) is 11.8. The zero-order valence-electron chi connectivity index (χ0n) is 20.9. The Hall–Kier alpha value is -2.59. The Morgan fingerprint density at radius 2 is 1.61 bits per heavy atom. The predicted octanol–water partition coefficient (Wildman–Crippen LogP) is 5.30. The number of carbonyl (C=O) groups excluding carboxylic acids is 2. The first kappa shape index (κ1) is 30.0. The Morgan fingerprint density at radius 3 is 2.21 bits per heavy atom. The standard InChI is InChI=1S/C27H28BrCl2N3O4S/c1-3-31-27(35)24(16-19-8-5-4-6-9-19)32(17-20-12-14-21(28)15-13-20)25(34)18-33(38(2,36)37)23-11-7-10-22(29)26(23)30/h4-15,24H,3,16-18H2,1-2H3,(H,31,35)/t24-/m1/s1. The van der Waals surface area contributed by atoms with E-state index in [9.17, 15) is 18.0 Å². The van der Waals surface area contributed by atoms with Gasteiger partial charge in [-0.3, -0.25) is 13.9 Å². The number of benzene rings is 3. The number of nitrogens with one attached hydrogen (secondary N) is 1. The molecule has 0 aromatic heterocycles. The molecule has 0 radical (unpaired) electrons. The van der Waals surface area contributed by atoms with Crippen LogP contribution in [0.5, 0.6) is 0 Å². The van der Waals surface area contributed by atoms with Gasteiger partial charge in [-0.05, 0) is 42.3 Å². The third kappa shape index (κ3) is 7.96. The van der Waals surface area contributed by atoms with Crippen molar-refractivity contribution in [3.05, 3.63) is 98.4 Å². The summed E-state index contributed by atoms with van der Waals surface area (Å²) in [7, 11) is -3.94. The van der Waals surface area contributed by atoms with Gasteiger partial charge in [0.1, 0.15) is 12.6 Å². The van der Waals surface area contributed by atoms with Crippen LogP contribution < -0.4 is 9.62 Å². The van der Waals surface area contributed by atoms with Crippen LogP contribution in [0.25, 0.3) is 0 Å². The van der Waals surface area contributed by atoms with Gasteiger partial charge in [-0.2, -0.15) is 0 Å². The maximum Gasteiger partial charge on any atom is 0.244 e. The van der Waals surface area contributed by atoms with Gasteiger partial charge in [0.15, 0.2) is 0 Å². The van der Waals surface area contributed by atoms with Gasteiger partial charge < -0.3 is 10.2 Å². The van der Waals surface area contributed by atoms with Gasteiger partial charge in [0.2, 0.25) is 21.8 Å². The average molecular weight is 641 g/mol. The Labute approximate surface area is 241 Å². The number of anilines is 1. The van der Waals surface area contributed by atoms with Gasteiger partial charge in [0.25, 0.3) is 0 Å². The molecule has 3 aromatic rings. The Balaban J connectivity index is 2.06. The fourth-order valence-electron chi connectivity index (χ4n) is 3.91. The van der Waals surface area contributed by atoms with E-state index in [1.807, 2.05) is 54.6 Å². The van der Waals surface area contributed by atoms with Crippen LogP contribution in [0.1, 0.15) is 18.1 Å². The maximum atomic E-state index is 13.9. The summed E-state index contributed by atoms with van der Waals surface area (Å²) in [4.78, 5) is 28.7. The number of amides is 2. The summed E-state index contributed by atoms with van der Waals surface area (Å²) in [6, 6.07) is 20.4. The van der Waals surface area contributed by atoms with Crippen LogP contribution in [0.15, 0.2) is 77.3 Å². The van der Waals surface area contributed by atoms with Gasteiger partial charge in [0.05, 0.1) is 22.0 Å². The lowest BCUT2D eigenvalue weighted by atomic mass is 10.0. The lowest BCUT2D eigenvalue weighted by Crippen LogP contribution is -2.53. The van der Waals surface area contributed by atoms with E-state index in [-0.39, 0.29) is 34.6 Å². The van der Waals surface area contributed by atoms with Gasteiger partial charge in [0, 0.05) is 24.0 Å². The van der Waals surface area contributed by atoms with E-state index in [1.165, 1.54) is 17.0 Å². The van der Waals surface area contributed by atoms with Crippen LogP contribution in [0.3, 0.4) is 0 Å². The zero-order valence-corrected chi connectivity index (χ0v) is 24.8. The van der Waals surface area contributed by atoms with Gasteiger partial charge in [-0.15, -0.1) is 0 Å². The van der Waals surface area contributed by atoms with Crippen molar-refractivity contribution in [2.45, 2.75) is 25.9 Å². The van der Waals surface area contributed by atoms with Crippen molar-refractivity contribution in [1.82, 2.24) is 10.2 Å². The molecule has 1 atom stereocenters. The SMILES string of the molecule is CCNC(=O)[C@@H](Cc1ccccc1)N(Cc1ccc(Br)cc1)C(=O)CN(c1cccc(Cl)c1Cl)S(C)(=O)=O. The average Bonchev–Trinajstić information content (AvgIpc) is 2.87. The molecule has 0 bridgehead atoms. The molecule has 0 spiro atoms. The number of carbonyl (C=O) groups is 2. The molecule has 0 unspecified atom stereocenters. The third-order valence-electron chi connectivity index (χ3n) is 5.77. The van der Waals surface area contributed by atoms with E-state index in [4.69, 9.17) is 23.2 Å². The van der Waals surface area contributed by atoms with Crippen LogP contribution in [0.4, 0.5) is 5.69 Å². The molecule has 2 amide bonds. The molecule has 0 heterocycles. The van der Waals surface area contributed by atoms with Crippen LogP contribution >= 0.6 is 39.1 Å². The van der Waals surface area contributed by atoms with E-state index in [0.717, 1.165) is 26.2 Å². The quantitative estimate of drug-likeness (QED) is 0.308. The highest BCUT2D eigenvalue weighted by Gasteiger charge is 2.33. The topological polar surface area (TPSA) is 86.8 Å². The lowest BCUT2D eigenvalue weighted by molar-refractivity contribution is -0.140. The van der Waals surface area contributed by atoms with Gasteiger partial charge in [-0.25, -0.2) is 8.42 Å². The minimum atomic E-state index is -3.94. The lowest BCUT2D eigenvalue weighted by Gasteiger charge is -2.33. The summed E-state index contributed by atoms with van der Waals surface area (Å²) in [5.41, 5.74) is 1.71. The zero-order chi connectivity index (χ0) is 27.9. The summed E-state index contributed by atoms with van der Waals surface area (Å²) >= 11 is 15.9. The van der Waals surface area contributed by atoms with Crippen molar-refractivity contribution in [3.63, 3.8) is 0 Å². The minimum absolute atomic E-state index is 0.0106. The smallest absolute Gasteiger partial charge is 0.244 e. The molecule has 11 heteroatoms. The summed E-state index contributed by atoms with van der Waals surface area (Å²) in [5, 5.41) is 2.98. The van der Waals surface area contributed by atoms with E-state index in [2.05, 4.69) is 21.2 Å². The molecule has 0 aliphatic rings. The molecule has 3 aromatic carbocycles. The summed E-state index contributed by atoms with van der Waals surface area (Å²) in [6.07, 6.45) is 1.23. The first-order valence-corrected chi connectivity index (χ1v) is 15.2. The third-order valence-corrected chi connectivity index (χ3v) is 8.23. The Bertz CT molecular complexity index is 1370. The number of nitrogens with zero attached hydrogens (tertiary/aromatic N) is 2. The maximum absolute atomic E-state index is 13.9. The van der Waals surface area contributed by atoms with Crippen LogP contribution in [0, 0.1) is 0 Å². The normalized spacial score (nSPS) is 12.0. The second kappa shape index (κ2) is 13.5. The molecule has 0 saturated carbocycles. The van der Waals surface area contributed by atoms with E-state index >= 15 is 0 Å². The molecule has 0 aliphatic heterocycles. The van der Waals surface area contributed by atoms with Crippen LogP contribution in [-0.2, 0) is 32.6 Å². The van der Waals surface area contributed by atoms with Gasteiger partial charge in [-0.1, -0.05) is 87.7 Å². The molecule has 7 nitrogen and oxygen atoms in total. The predicted molar refractivity (Wildman–Crippen MR) is 156 cm³/mol. The Kier molecular flexibility index (Phi) is 10.6. The first-order chi connectivity index (χ1) is 18.0. The van der Waals surface area contributed by atoms with Crippen molar-refractivity contribution < 1.29 is 18.0 Å². The van der Waals surface area contributed by atoms with Crippen LogP contribution in [-0.4, -0.2) is 50.5 Å². The highest BCUT2D eigenvalue weighted by atomic mass is 79.9. The number of halogens is 3. The van der Waals surface area contributed by atoms with Crippen molar-refractivity contribution in [1.29, 1.82) is 0 Å². The second-order valence-corrected chi connectivity index (χ2v) is 12.2. The minimum Gasteiger partial charge on any atom is -0.355 e. The van der Waals surface area contributed by atoms with Crippen molar-refractivity contribution in [3.8, 4) is 0 Å². The van der Waals surface area contributed by atoms with E-state index in [0.29, 0.717) is 6.54 Å². The Morgan fingerprint density at radius 1 is 0.947 bits per heavy atom. The summed E-state index contributed by atoms with van der Waals surface area (Å²) in [5.74, 6) is -0.907. The number of sulfonamides is 1. The number of hydrogen-bond donors (Lipinski definition) is 1. The largest absolute Gasteiger partial charge is 0.355 e. The van der Waals surface area contributed by atoms with Crippen molar-refractivity contribution >= 4 is 66.7 Å². The van der Waals surface area contributed by atoms with Crippen molar-refractivity contribution in [2.75, 3.05) is 23.7 Å². The molecular weight excluding hydrogens is 613 g/mol. The fourth-order valence-corrected chi connectivity index (χ4v) is 5.48. The molecule has 0 fully saturated rings. The summed E-state index contributed by atoms with van der Waals surface area (Å²) in [6.45, 7) is 1.69. The molecule has 1 N–H and O–H groups in total. The molecule has 0 aliphatic carbocycles. The molecule has 3 rings (SSSR count). The number of hydrogen-bond acceptors (Lipinski definition) is 4. The monoisotopic (exact) mass is 639 g/mol. The fraction of sp³-hybridized carbons (Fsp3) is 0.259. The highest BCUT2D eigenvalue weighted by Crippen LogP contribution is 2.34.